The Hall–Kier alpha value is -2.90. The number of hydrogen-bond acceptors (Lipinski definition) is 4. The lowest BCUT2D eigenvalue weighted by atomic mass is 10.2. The van der Waals surface area contributed by atoms with Crippen LogP contribution >= 0.6 is 0 Å². The van der Waals surface area contributed by atoms with Crippen molar-refractivity contribution in [1.82, 2.24) is 25.0 Å². The Morgan fingerprint density at radius 1 is 1.31 bits per heavy atom. The highest BCUT2D eigenvalue weighted by Crippen LogP contribution is 2.24. The number of nitrogens with zero attached hydrogens (tertiary/aromatic N) is 5. The third-order valence-electron chi connectivity index (χ3n) is 4.66. The van der Waals surface area contributed by atoms with Crippen molar-refractivity contribution in [2.45, 2.75) is 39.4 Å². The minimum Gasteiger partial charge on any atom is -0.331 e. The van der Waals surface area contributed by atoms with E-state index in [-0.39, 0.29) is 18.5 Å². The fourth-order valence-corrected chi connectivity index (χ4v) is 3.26. The zero-order chi connectivity index (χ0) is 18.5. The molecule has 0 bridgehead atoms. The van der Waals surface area contributed by atoms with Gasteiger partial charge in [0.15, 0.2) is 5.82 Å². The summed E-state index contributed by atoms with van der Waals surface area (Å²) in [5.74, 6) is 0.658. The molecule has 8 nitrogen and oxygen atoms in total. The van der Waals surface area contributed by atoms with Crippen molar-refractivity contribution in [3.63, 3.8) is 0 Å². The van der Waals surface area contributed by atoms with E-state index in [1.165, 1.54) is 0 Å². The predicted octanol–water partition coefficient (Wildman–Crippen LogP) is 1.63. The molecule has 8 heteroatoms. The lowest BCUT2D eigenvalue weighted by molar-refractivity contribution is -0.120. The van der Waals surface area contributed by atoms with Crippen LogP contribution in [0.2, 0.25) is 0 Å². The fraction of sp³-hybridized carbons (Fsp3) is 0.444. The first kappa shape index (κ1) is 17.9. The van der Waals surface area contributed by atoms with Crippen molar-refractivity contribution in [2.24, 2.45) is 0 Å². The number of anilines is 1. The molecule has 1 saturated heterocycles. The summed E-state index contributed by atoms with van der Waals surface area (Å²) >= 11 is 0. The summed E-state index contributed by atoms with van der Waals surface area (Å²) in [6, 6.07) is 8.86. The fourth-order valence-electron chi connectivity index (χ4n) is 3.26. The van der Waals surface area contributed by atoms with Crippen LogP contribution in [0.5, 0.6) is 0 Å². The molecule has 0 saturated carbocycles. The number of aryl methyl sites for hydroxylation is 1. The zero-order valence-corrected chi connectivity index (χ0v) is 15.1. The third kappa shape index (κ3) is 3.54. The normalized spacial score (nSPS) is 16.8. The number of amides is 3. The number of carbonyl (C=O) groups excluding carboxylic acids is 2. The highest BCUT2D eigenvalue weighted by molar-refractivity contribution is 6.01. The summed E-state index contributed by atoms with van der Waals surface area (Å²) in [7, 11) is 0. The topological polar surface area (TPSA) is 83.4 Å². The number of rotatable bonds is 6. The Morgan fingerprint density at radius 3 is 2.77 bits per heavy atom. The van der Waals surface area contributed by atoms with E-state index in [2.05, 4.69) is 15.5 Å². The standard InChI is InChI=1S/C18H24N6O2/c1-3-22-13-20-21-16(22)12-19-18(26)23(4-2)15-10-11-24(17(15)25)14-8-6-5-7-9-14/h5-9,13,15H,3-4,10-12H2,1-2H3,(H,19,26)/t15-/m0/s1. The van der Waals surface area contributed by atoms with E-state index >= 15 is 0 Å². The van der Waals surface area contributed by atoms with Crippen LogP contribution in [0, 0.1) is 0 Å². The van der Waals surface area contributed by atoms with Gasteiger partial charge in [-0.1, -0.05) is 18.2 Å². The summed E-state index contributed by atoms with van der Waals surface area (Å²) < 4.78 is 1.87. The van der Waals surface area contributed by atoms with Gasteiger partial charge in [0.25, 0.3) is 0 Å². The second kappa shape index (κ2) is 7.99. The van der Waals surface area contributed by atoms with E-state index in [1.807, 2.05) is 48.7 Å². The van der Waals surface area contributed by atoms with Crippen molar-refractivity contribution < 1.29 is 9.59 Å². The number of nitrogens with one attached hydrogen (secondary N) is 1. The van der Waals surface area contributed by atoms with Crippen molar-refractivity contribution in [2.75, 3.05) is 18.0 Å². The van der Waals surface area contributed by atoms with Gasteiger partial charge < -0.3 is 19.7 Å². The average Bonchev–Trinajstić information content (AvgIpc) is 3.28. The molecule has 0 spiro atoms. The van der Waals surface area contributed by atoms with E-state index in [4.69, 9.17) is 0 Å². The van der Waals surface area contributed by atoms with Gasteiger partial charge in [-0.2, -0.15) is 0 Å². The van der Waals surface area contributed by atoms with Crippen LogP contribution in [0.4, 0.5) is 10.5 Å². The maximum absolute atomic E-state index is 12.8. The Morgan fingerprint density at radius 2 is 2.08 bits per heavy atom. The van der Waals surface area contributed by atoms with Crippen LogP contribution in [0.25, 0.3) is 0 Å². The molecule has 1 aromatic carbocycles. The van der Waals surface area contributed by atoms with E-state index in [0.717, 1.165) is 12.2 Å². The van der Waals surface area contributed by atoms with E-state index in [1.54, 1.807) is 16.1 Å². The molecular weight excluding hydrogens is 332 g/mol. The minimum atomic E-state index is -0.441. The quantitative estimate of drug-likeness (QED) is 0.853. The maximum Gasteiger partial charge on any atom is 0.318 e. The molecule has 3 rings (SSSR count). The molecule has 3 amide bonds. The molecule has 2 aromatic rings. The molecule has 138 valence electrons. The molecule has 1 aliphatic rings. The molecule has 0 unspecified atom stereocenters. The average molecular weight is 356 g/mol. The Kier molecular flexibility index (Phi) is 5.50. The van der Waals surface area contributed by atoms with Crippen LogP contribution in [-0.4, -0.2) is 50.7 Å². The summed E-state index contributed by atoms with van der Waals surface area (Å²) in [5.41, 5.74) is 0.868. The van der Waals surface area contributed by atoms with Gasteiger partial charge in [0.2, 0.25) is 5.91 Å². The zero-order valence-electron chi connectivity index (χ0n) is 15.1. The van der Waals surface area contributed by atoms with Crippen LogP contribution in [-0.2, 0) is 17.9 Å². The lowest BCUT2D eigenvalue weighted by Crippen LogP contribution is -2.49. The van der Waals surface area contributed by atoms with E-state index in [9.17, 15) is 9.59 Å². The lowest BCUT2D eigenvalue weighted by Gasteiger charge is -2.27. The van der Waals surface area contributed by atoms with Crippen LogP contribution in [0.1, 0.15) is 26.1 Å². The predicted molar refractivity (Wildman–Crippen MR) is 97.5 cm³/mol. The summed E-state index contributed by atoms with van der Waals surface area (Å²) in [4.78, 5) is 28.8. The molecule has 1 aliphatic heterocycles. The number of aromatic nitrogens is 3. The molecule has 0 aliphatic carbocycles. The Bertz CT molecular complexity index is 760. The highest BCUT2D eigenvalue weighted by Gasteiger charge is 2.38. The number of carbonyl (C=O) groups is 2. The van der Waals surface area contributed by atoms with E-state index < -0.39 is 6.04 Å². The third-order valence-corrected chi connectivity index (χ3v) is 4.66. The van der Waals surface area contributed by atoms with Gasteiger partial charge in [-0.15, -0.1) is 10.2 Å². The SMILES string of the molecule is CCN(C(=O)NCc1nncn1CC)[C@H]1CCN(c2ccccc2)C1=O. The smallest absolute Gasteiger partial charge is 0.318 e. The number of hydrogen-bond donors (Lipinski definition) is 1. The molecule has 1 N–H and O–H groups in total. The van der Waals surface area contributed by atoms with Crippen molar-refractivity contribution in [3.8, 4) is 0 Å². The van der Waals surface area contributed by atoms with Gasteiger partial charge in [-0.3, -0.25) is 4.79 Å². The van der Waals surface area contributed by atoms with Gasteiger partial charge in [0.05, 0.1) is 6.54 Å². The van der Waals surface area contributed by atoms with Crippen LogP contribution < -0.4 is 10.2 Å². The summed E-state index contributed by atoms with van der Waals surface area (Å²) in [5, 5.41) is 10.7. The van der Waals surface area contributed by atoms with Gasteiger partial charge >= 0.3 is 6.03 Å². The summed E-state index contributed by atoms with van der Waals surface area (Å²) in [6.45, 7) is 5.97. The minimum absolute atomic E-state index is 0.0371. The first-order chi connectivity index (χ1) is 12.7. The second-order valence-electron chi connectivity index (χ2n) is 6.11. The second-order valence-corrected chi connectivity index (χ2v) is 6.11. The number of benzene rings is 1. The van der Waals surface area contributed by atoms with Crippen LogP contribution in [0.15, 0.2) is 36.7 Å². The van der Waals surface area contributed by atoms with Gasteiger partial charge in [-0.05, 0) is 32.4 Å². The highest BCUT2D eigenvalue weighted by atomic mass is 16.2. The van der Waals surface area contributed by atoms with E-state index in [0.29, 0.717) is 25.3 Å². The molecule has 0 radical (unpaired) electrons. The maximum atomic E-state index is 12.8. The monoisotopic (exact) mass is 356 g/mol. The van der Waals surface area contributed by atoms with Crippen LogP contribution in [0.3, 0.4) is 0 Å². The van der Waals surface area contributed by atoms with Gasteiger partial charge in [0.1, 0.15) is 12.4 Å². The largest absolute Gasteiger partial charge is 0.331 e. The molecule has 1 atom stereocenters. The first-order valence-corrected chi connectivity index (χ1v) is 8.93. The molecule has 1 aromatic heterocycles. The van der Waals surface area contributed by atoms with Gasteiger partial charge in [0, 0.05) is 25.3 Å². The molecular formula is C18H24N6O2. The Labute approximate surface area is 152 Å². The molecule has 2 heterocycles. The molecule has 1 fully saturated rings. The Balaban J connectivity index is 1.65. The van der Waals surface area contributed by atoms with Crippen molar-refractivity contribution in [3.05, 3.63) is 42.5 Å². The van der Waals surface area contributed by atoms with Gasteiger partial charge in [-0.25, -0.2) is 4.79 Å². The number of urea groups is 1. The number of para-hydroxylation sites is 1. The number of likely N-dealkylation sites (N-methyl/N-ethyl adjacent to an activating group) is 1. The summed E-state index contributed by atoms with van der Waals surface area (Å²) in [6.07, 6.45) is 2.26. The van der Waals surface area contributed by atoms with Crippen molar-refractivity contribution in [1.29, 1.82) is 0 Å². The van der Waals surface area contributed by atoms with Crippen molar-refractivity contribution >= 4 is 17.6 Å². The molecule has 26 heavy (non-hydrogen) atoms. The first-order valence-electron chi connectivity index (χ1n) is 8.93.